The van der Waals surface area contributed by atoms with Crippen molar-refractivity contribution in [1.82, 2.24) is 15.1 Å². The molecule has 1 aliphatic heterocycles. The first kappa shape index (κ1) is 18.7. The van der Waals surface area contributed by atoms with Crippen LogP contribution < -0.4 is 5.32 Å². The number of amides is 1. The Morgan fingerprint density at radius 1 is 1.26 bits per heavy atom. The Morgan fingerprint density at radius 2 is 1.84 bits per heavy atom. The molecule has 1 unspecified atom stereocenters. The third-order valence-corrected chi connectivity index (χ3v) is 4.03. The first-order valence-corrected chi connectivity index (χ1v) is 7.28. The standard InChI is InChI=1S/C14H29N3O.ClH/c1-5-16(13(4)12(2)3)9-6-14(18)17-10-7-15-8-11-17;/h12-13,15H,5-11H2,1-4H3;1H. The molecule has 1 rings (SSSR count). The minimum Gasteiger partial charge on any atom is -0.340 e. The molecule has 0 radical (unpaired) electrons. The third kappa shape index (κ3) is 6.11. The molecule has 0 bridgehead atoms. The molecule has 1 N–H and O–H groups in total. The second kappa shape index (κ2) is 9.56. The highest BCUT2D eigenvalue weighted by molar-refractivity contribution is 5.85. The zero-order valence-corrected chi connectivity index (χ0v) is 13.6. The van der Waals surface area contributed by atoms with Crippen LogP contribution in [0.5, 0.6) is 0 Å². The molecule has 0 spiro atoms. The molecule has 1 aliphatic rings. The van der Waals surface area contributed by atoms with E-state index in [9.17, 15) is 4.79 Å². The normalized spacial score (nSPS) is 17.5. The molecule has 0 aromatic carbocycles. The molecular formula is C14H30ClN3O. The van der Waals surface area contributed by atoms with Gasteiger partial charge in [0.1, 0.15) is 0 Å². The minimum atomic E-state index is 0. The lowest BCUT2D eigenvalue weighted by Crippen LogP contribution is -2.47. The number of piperazine rings is 1. The number of hydrogen-bond acceptors (Lipinski definition) is 3. The first-order chi connectivity index (χ1) is 8.56. The predicted octanol–water partition coefficient (Wildman–Crippen LogP) is 1.60. The molecule has 1 amide bonds. The van der Waals surface area contributed by atoms with Gasteiger partial charge in [-0.05, 0) is 19.4 Å². The molecule has 1 saturated heterocycles. The highest BCUT2D eigenvalue weighted by Gasteiger charge is 2.19. The van der Waals surface area contributed by atoms with Crippen LogP contribution in [0.2, 0.25) is 0 Å². The Morgan fingerprint density at radius 3 is 2.32 bits per heavy atom. The topological polar surface area (TPSA) is 35.6 Å². The summed E-state index contributed by atoms with van der Waals surface area (Å²) in [5, 5.41) is 3.27. The lowest BCUT2D eigenvalue weighted by atomic mass is 10.0. The Bertz CT molecular complexity index is 255. The van der Waals surface area contributed by atoms with Crippen LogP contribution in [0.25, 0.3) is 0 Å². The largest absolute Gasteiger partial charge is 0.340 e. The summed E-state index contributed by atoms with van der Waals surface area (Å²) in [4.78, 5) is 16.5. The number of nitrogens with one attached hydrogen (secondary N) is 1. The quantitative estimate of drug-likeness (QED) is 0.807. The Labute approximate surface area is 124 Å². The lowest BCUT2D eigenvalue weighted by molar-refractivity contribution is -0.132. The van der Waals surface area contributed by atoms with Gasteiger partial charge in [-0.1, -0.05) is 20.8 Å². The summed E-state index contributed by atoms with van der Waals surface area (Å²) in [5.41, 5.74) is 0. The maximum Gasteiger partial charge on any atom is 0.223 e. The average Bonchev–Trinajstić information content (AvgIpc) is 2.39. The maximum atomic E-state index is 12.1. The summed E-state index contributed by atoms with van der Waals surface area (Å²) >= 11 is 0. The molecule has 1 fully saturated rings. The van der Waals surface area contributed by atoms with Crippen LogP contribution >= 0.6 is 12.4 Å². The van der Waals surface area contributed by atoms with Crippen LogP contribution in [0.15, 0.2) is 0 Å². The van der Waals surface area contributed by atoms with Gasteiger partial charge in [0.25, 0.3) is 0 Å². The van der Waals surface area contributed by atoms with E-state index < -0.39 is 0 Å². The van der Waals surface area contributed by atoms with E-state index in [1.165, 1.54) is 0 Å². The fourth-order valence-electron chi connectivity index (χ4n) is 2.38. The number of carbonyl (C=O) groups excluding carboxylic acids is 1. The van der Waals surface area contributed by atoms with Gasteiger partial charge in [0, 0.05) is 45.2 Å². The second-order valence-corrected chi connectivity index (χ2v) is 5.49. The van der Waals surface area contributed by atoms with Crippen LogP contribution in [-0.4, -0.2) is 61.0 Å². The van der Waals surface area contributed by atoms with Crippen molar-refractivity contribution in [3.8, 4) is 0 Å². The lowest BCUT2D eigenvalue weighted by Gasteiger charge is -2.32. The molecule has 1 atom stereocenters. The van der Waals surface area contributed by atoms with Crippen LogP contribution in [0.4, 0.5) is 0 Å². The Kier molecular flexibility index (Phi) is 9.40. The van der Waals surface area contributed by atoms with Crippen molar-refractivity contribution in [3.05, 3.63) is 0 Å². The second-order valence-electron chi connectivity index (χ2n) is 5.49. The Balaban J connectivity index is 0.00000324. The summed E-state index contributed by atoms with van der Waals surface area (Å²) in [7, 11) is 0. The van der Waals surface area contributed by atoms with Gasteiger partial charge in [-0.15, -0.1) is 12.4 Å². The number of hydrogen-bond donors (Lipinski definition) is 1. The van der Waals surface area contributed by atoms with Gasteiger partial charge in [-0.25, -0.2) is 0 Å². The highest BCUT2D eigenvalue weighted by atomic mass is 35.5. The first-order valence-electron chi connectivity index (χ1n) is 7.28. The fraction of sp³-hybridized carbons (Fsp3) is 0.929. The summed E-state index contributed by atoms with van der Waals surface area (Å²) in [6, 6.07) is 0.547. The zero-order valence-electron chi connectivity index (χ0n) is 12.8. The van der Waals surface area contributed by atoms with Crippen LogP contribution in [0, 0.1) is 5.92 Å². The van der Waals surface area contributed by atoms with Crippen molar-refractivity contribution < 1.29 is 4.79 Å². The van der Waals surface area contributed by atoms with E-state index in [0.29, 0.717) is 24.3 Å². The molecular weight excluding hydrogens is 262 g/mol. The molecule has 5 heteroatoms. The molecule has 4 nitrogen and oxygen atoms in total. The van der Waals surface area contributed by atoms with E-state index in [1.54, 1.807) is 0 Å². The number of carbonyl (C=O) groups is 1. The fourth-order valence-corrected chi connectivity index (χ4v) is 2.38. The monoisotopic (exact) mass is 291 g/mol. The summed E-state index contributed by atoms with van der Waals surface area (Å²) in [6.07, 6.45) is 0.658. The van der Waals surface area contributed by atoms with E-state index in [1.807, 2.05) is 4.90 Å². The molecule has 0 aromatic rings. The molecule has 114 valence electrons. The predicted molar refractivity (Wildman–Crippen MR) is 82.9 cm³/mol. The van der Waals surface area contributed by atoms with Crippen LogP contribution in [0.1, 0.15) is 34.1 Å². The summed E-state index contributed by atoms with van der Waals surface area (Å²) in [5.74, 6) is 0.949. The average molecular weight is 292 g/mol. The number of halogens is 1. The van der Waals surface area contributed by atoms with Crippen molar-refractivity contribution in [1.29, 1.82) is 0 Å². The number of nitrogens with zero attached hydrogens (tertiary/aromatic N) is 2. The van der Waals surface area contributed by atoms with Crippen LogP contribution in [0.3, 0.4) is 0 Å². The molecule has 0 aliphatic carbocycles. The van der Waals surface area contributed by atoms with Crippen molar-refractivity contribution in [2.45, 2.75) is 40.2 Å². The van der Waals surface area contributed by atoms with Crippen molar-refractivity contribution in [2.75, 3.05) is 39.3 Å². The maximum absolute atomic E-state index is 12.1. The minimum absolute atomic E-state index is 0. The summed E-state index contributed by atoms with van der Waals surface area (Å²) < 4.78 is 0. The third-order valence-electron chi connectivity index (χ3n) is 4.03. The van der Waals surface area contributed by atoms with Gasteiger partial charge >= 0.3 is 0 Å². The van der Waals surface area contributed by atoms with Gasteiger partial charge in [0.05, 0.1) is 0 Å². The van der Waals surface area contributed by atoms with E-state index in [0.717, 1.165) is 39.3 Å². The smallest absolute Gasteiger partial charge is 0.223 e. The van der Waals surface area contributed by atoms with Gasteiger partial charge < -0.3 is 15.1 Å². The Hall–Kier alpha value is -0.320. The number of rotatable bonds is 6. The van der Waals surface area contributed by atoms with Gasteiger partial charge in [0.2, 0.25) is 5.91 Å². The molecule has 1 heterocycles. The van der Waals surface area contributed by atoms with Crippen molar-refractivity contribution >= 4 is 18.3 Å². The van der Waals surface area contributed by atoms with Crippen LogP contribution in [-0.2, 0) is 4.79 Å². The summed E-state index contributed by atoms with van der Waals surface area (Å²) in [6.45, 7) is 14.4. The van der Waals surface area contributed by atoms with E-state index >= 15 is 0 Å². The van der Waals surface area contributed by atoms with Gasteiger partial charge in [-0.3, -0.25) is 4.79 Å². The van der Waals surface area contributed by atoms with E-state index in [2.05, 4.69) is 37.9 Å². The van der Waals surface area contributed by atoms with Gasteiger partial charge in [-0.2, -0.15) is 0 Å². The molecule has 0 aromatic heterocycles. The van der Waals surface area contributed by atoms with E-state index in [4.69, 9.17) is 0 Å². The van der Waals surface area contributed by atoms with Gasteiger partial charge in [0.15, 0.2) is 0 Å². The molecule has 0 saturated carbocycles. The van der Waals surface area contributed by atoms with Crippen molar-refractivity contribution in [3.63, 3.8) is 0 Å². The van der Waals surface area contributed by atoms with E-state index in [-0.39, 0.29) is 12.4 Å². The highest BCUT2D eigenvalue weighted by Crippen LogP contribution is 2.10. The zero-order chi connectivity index (χ0) is 13.5. The molecule has 19 heavy (non-hydrogen) atoms. The van der Waals surface area contributed by atoms with Crippen molar-refractivity contribution in [2.24, 2.45) is 5.92 Å². The SMILES string of the molecule is CCN(CCC(=O)N1CCNCC1)C(C)C(C)C.Cl.